The SMILES string of the molecule is Cc1nscc1C(=O)NC[C@@H]1C[C@H](F)CN1Cc1c(C)noc1C. The average Bonchev–Trinajstić information content (AvgIpc) is 3.20. The van der Waals surface area contributed by atoms with Gasteiger partial charge in [-0.1, -0.05) is 5.16 Å². The first kappa shape index (κ1) is 17.0. The van der Waals surface area contributed by atoms with Crippen LogP contribution >= 0.6 is 11.5 Å². The van der Waals surface area contributed by atoms with Crippen LogP contribution in [0, 0.1) is 20.8 Å². The first-order valence-electron chi connectivity index (χ1n) is 7.94. The monoisotopic (exact) mass is 352 g/mol. The summed E-state index contributed by atoms with van der Waals surface area (Å²) in [5, 5.41) is 8.59. The van der Waals surface area contributed by atoms with Gasteiger partial charge < -0.3 is 9.84 Å². The molecule has 3 rings (SSSR count). The number of carbonyl (C=O) groups is 1. The predicted octanol–water partition coefficient (Wildman–Crippen LogP) is 2.40. The molecule has 0 aromatic carbocycles. The Morgan fingerprint density at radius 3 is 2.88 bits per heavy atom. The average molecular weight is 352 g/mol. The lowest BCUT2D eigenvalue weighted by atomic mass is 10.1. The van der Waals surface area contributed by atoms with Crippen molar-refractivity contribution in [3.8, 4) is 0 Å². The predicted molar refractivity (Wildman–Crippen MR) is 88.9 cm³/mol. The molecular weight excluding hydrogens is 331 g/mol. The van der Waals surface area contributed by atoms with Crippen molar-refractivity contribution in [2.45, 2.75) is 46.0 Å². The summed E-state index contributed by atoms with van der Waals surface area (Å²) in [6.07, 6.45) is -0.457. The third kappa shape index (κ3) is 3.49. The largest absolute Gasteiger partial charge is 0.361 e. The fraction of sp³-hybridized carbons (Fsp3) is 0.562. The van der Waals surface area contributed by atoms with Crippen LogP contribution in [0.25, 0.3) is 0 Å². The minimum Gasteiger partial charge on any atom is -0.361 e. The van der Waals surface area contributed by atoms with Gasteiger partial charge in [0.25, 0.3) is 5.91 Å². The van der Waals surface area contributed by atoms with Crippen molar-refractivity contribution in [3.63, 3.8) is 0 Å². The quantitative estimate of drug-likeness (QED) is 0.895. The maximum Gasteiger partial charge on any atom is 0.254 e. The Balaban J connectivity index is 1.63. The third-order valence-electron chi connectivity index (χ3n) is 4.51. The molecule has 1 saturated heterocycles. The van der Waals surface area contributed by atoms with Crippen molar-refractivity contribution in [3.05, 3.63) is 33.7 Å². The molecule has 0 spiro atoms. The Labute approximate surface area is 144 Å². The van der Waals surface area contributed by atoms with Crippen LogP contribution in [-0.4, -0.2) is 45.6 Å². The van der Waals surface area contributed by atoms with Crippen LogP contribution in [0.5, 0.6) is 0 Å². The molecule has 8 heteroatoms. The number of hydrogen-bond donors (Lipinski definition) is 1. The summed E-state index contributed by atoms with van der Waals surface area (Å²) in [6, 6.07) is -0.0375. The molecule has 1 aliphatic rings. The number of likely N-dealkylation sites (tertiary alicyclic amines) is 1. The van der Waals surface area contributed by atoms with Crippen molar-refractivity contribution >= 4 is 17.4 Å². The highest BCUT2D eigenvalue weighted by Gasteiger charge is 2.33. The Morgan fingerprint density at radius 1 is 1.46 bits per heavy atom. The van der Waals surface area contributed by atoms with Crippen LogP contribution in [0.2, 0.25) is 0 Å². The summed E-state index contributed by atoms with van der Waals surface area (Å²) in [7, 11) is 0. The molecule has 130 valence electrons. The van der Waals surface area contributed by atoms with Crippen molar-refractivity contribution in [1.82, 2.24) is 19.7 Å². The summed E-state index contributed by atoms with van der Waals surface area (Å²) in [5.74, 6) is 0.610. The zero-order chi connectivity index (χ0) is 17.3. The molecule has 2 aromatic heterocycles. The van der Waals surface area contributed by atoms with Crippen molar-refractivity contribution in [2.24, 2.45) is 0 Å². The van der Waals surface area contributed by atoms with Crippen LogP contribution in [0.3, 0.4) is 0 Å². The number of aryl methyl sites for hydroxylation is 3. The molecule has 0 aliphatic carbocycles. The number of hydrogen-bond acceptors (Lipinski definition) is 6. The summed E-state index contributed by atoms with van der Waals surface area (Å²) >= 11 is 1.26. The van der Waals surface area contributed by atoms with Gasteiger partial charge >= 0.3 is 0 Å². The van der Waals surface area contributed by atoms with Crippen molar-refractivity contribution in [1.29, 1.82) is 0 Å². The number of nitrogens with one attached hydrogen (secondary N) is 1. The van der Waals surface area contributed by atoms with E-state index in [1.807, 2.05) is 20.8 Å². The fourth-order valence-corrected chi connectivity index (χ4v) is 3.77. The van der Waals surface area contributed by atoms with Gasteiger partial charge in [-0.05, 0) is 38.7 Å². The molecule has 0 unspecified atom stereocenters. The van der Waals surface area contributed by atoms with Gasteiger partial charge in [-0.2, -0.15) is 4.37 Å². The van der Waals surface area contributed by atoms with Gasteiger partial charge in [0.1, 0.15) is 11.9 Å². The summed E-state index contributed by atoms with van der Waals surface area (Å²) in [4.78, 5) is 14.3. The van der Waals surface area contributed by atoms with Crippen molar-refractivity contribution in [2.75, 3.05) is 13.1 Å². The Bertz CT molecular complexity index is 710. The zero-order valence-corrected chi connectivity index (χ0v) is 14.8. The van der Waals surface area contributed by atoms with E-state index in [1.54, 1.807) is 5.38 Å². The minimum atomic E-state index is -0.878. The van der Waals surface area contributed by atoms with Crippen LogP contribution in [0.1, 0.15) is 39.5 Å². The van der Waals surface area contributed by atoms with E-state index >= 15 is 0 Å². The topological polar surface area (TPSA) is 71.3 Å². The highest BCUT2D eigenvalue weighted by atomic mass is 32.1. The van der Waals surface area contributed by atoms with Crippen LogP contribution in [0.15, 0.2) is 9.90 Å². The number of aromatic nitrogens is 2. The second-order valence-corrected chi connectivity index (χ2v) is 6.87. The first-order valence-corrected chi connectivity index (χ1v) is 8.78. The smallest absolute Gasteiger partial charge is 0.254 e. The lowest BCUT2D eigenvalue weighted by Gasteiger charge is -2.24. The normalized spacial score (nSPS) is 21.3. The lowest BCUT2D eigenvalue weighted by molar-refractivity contribution is 0.0939. The number of nitrogens with zero attached hydrogens (tertiary/aromatic N) is 3. The van der Waals surface area contributed by atoms with Gasteiger partial charge in [0.05, 0.1) is 17.0 Å². The Kier molecular flexibility index (Phi) is 4.96. The molecule has 1 fully saturated rings. The van der Waals surface area contributed by atoms with E-state index in [2.05, 4.69) is 19.7 Å². The molecule has 0 bridgehead atoms. The molecule has 2 aromatic rings. The fourth-order valence-electron chi connectivity index (χ4n) is 3.08. The van der Waals surface area contributed by atoms with Gasteiger partial charge in [-0.25, -0.2) is 4.39 Å². The van der Waals surface area contributed by atoms with E-state index in [4.69, 9.17) is 4.52 Å². The molecule has 1 amide bonds. The van der Waals surface area contributed by atoms with E-state index in [1.165, 1.54) is 11.5 Å². The molecule has 1 aliphatic heterocycles. The number of alkyl halides is 1. The Morgan fingerprint density at radius 2 is 2.25 bits per heavy atom. The highest BCUT2D eigenvalue weighted by molar-refractivity contribution is 7.03. The summed E-state index contributed by atoms with van der Waals surface area (Å²) < 4.78 is 23.2. The standard InChI is InChI=1S/C16H21FN4O2S/c1-9-14(11(3)23-19-9)7-21-6-12(17)4-13(21)5-18-16(22)15-8-24-20-10(15)2/h8,12-13H,4-7H2,1-3H3,(H,18,22)/t12-,13-/m0/s1. The maximum absolute atomic E-state index is 13.9. The summed E-state index contributed by atoms with van der Waals surface area (Å²) in [5.41, 5.74) is 3.14. The molecule has 3 heterocycles. The molecule has 0 radical (unpaired) electrons. The second-order valence-electron chi connectivity index (χ2n) is 6.24. The van der Waals surface area contributed by atoms with Crippen LogP contribution in [-0.2, 0) is 6.54 Å². The number of carbonyl (C=O) groups excluding carboxylic acids is 1. The van der Waals surface area contributed by atoms with Gasteiger partial charge in [-0.15, -0.1) is 0 Å². The number of rotatable bonds is 5. The molecular formula is C16H21FN4O2S. The van der Waals surface area contributed by atoms with Gasteiger partial charge in [-0.3, -0.25) is 9.69 Å². The lowest BCUT2D eigenvalue weighted by Crippen LogP contribution is -2.40. The van der Waals surface area contributed by atoms with E-state index in [-0.39, 0.29) is 11.9 Å². The van der Waals surface area contributed by atoms with Gasteiger partial charge in [0, 0.05) is 36.6 Å². The maximum atomic E-state index is 13.9. The molecule has 2 atom stereocenters. The second kappa shape index (κ2) is 6.98. The van der Waals surface area contributed by atoms with E-state index < -0.39 is 6.17 Å². The van der Waals surface area contributed by atoms with Gasteiger partial charge in [0.15, 0.2) is 0 Å². The summed E-state index contributed by atoms with van der Waals surface area (Å²) in [6.45, 7) is 6.92. The van der Waals surface area contributed by atoms with E-state index in [9.17, 15) is 9.18 Å². The minimum absolute atomic E-state index is 0.0375. The van der Waals surface area contributed by atoms with Crippen molar-refractivity contribution < 1.29 is 13.7 Å². The zero-order valence-electron chi connectivity index (χ0n) is 14.0. The molecule has 1 N–H and O–H groups in total. The number of halogens is 1. The molecule has 0 saturated carbocycles. The molecule has 24 heavy (non-hydrogen) atoms. The third-order valence-corrected chi connectivity index (χ3v) is 5.23. The van der Waals surface area contributed by atoms with Crippen LogP contribution < -0.4 is 5.32 Å². The van der Waals surface area contributed by atoms with E-state index in [0.29, 0.717) is 31.6 Å². The first-order chi connectivity index (χ1) is 11.5. The number of amides is 1. The highest BCUT2D eigenvalue weighted by Crippen LogP contribution is 2.25. The Hall–Kier alpha value is -1.80. The van der Waals surface area contributed by atoms with E-state index in [0.717, 1.165) is 22.7 Å². The van der Waals surface area contributed by atoms with Gasteiger partial charge in [0.2, 0.25) is 0 Å². The molecule has 6 nitrogen and oxygen atoms in total. The van der Waals surface area contributed by atoms with Crippen LogP contribution in [0.4, 0.5) is 4.39 Å².